The van der Waals surface area contributed by atoms with Crippen molar-refractivity contribution in [2.24, 2.45) is 5.73 Å². The van der Waals surface area contributed by atoms with Crippen LogP contribution in [0, 0.1) is 6.92 Å². The van der Waals surface area contributed by atoms with Crippen molar-refractivity contribution in [1.82, 2.24) is 4.98 Å². The highest BCUT2D eigenvalue weighted by atomic mass is 32.1. The minimum atomic E-state index is -0.217. The fourth-order valence-corrected chi connectivity index (χ4v) is 3.47. The monoisotopic (exact) mass is 304 g/mol. The quantitative estimate of drug-likeness (QED) is 0.946. The molecule has 1 unspecified atom stereocenters. The standard InChI is InChI=1S/C16H20N2O2S/c1-3-12-10(2)21-16(18-12)15(17)11-5-6-13-14(9-11)20-8-4-7-19-13/h5-6,9,15H,3-4,7-8,17H2,1-2H3. The van der Waals surface area contributed by atoms with Crippen molar-refractivity contribution in [2.45, 2.75) is 32.7 Å². The molecule has 0 bridgehead atoms. The molecule has 4 nitrogen and oxygen atoms in total. The van der Waals surface area contributed by atoms with Crippen LogP contribution in [0.2, 0.25) is 0 Å². The van der Waals surface area contributed by atoms with Gasteiger partial charge in [-0.2, -0.15) is 0 Å². The molecule has 0 saturated carbocycles. The van der Waals surface area contributed by atoms with Crippen LogP contribution in [-0.2, 0) is 6.42 Å². The minimum Gasteiger partial charge on any atom is -0.490 e. The maximum Gasteiger partial charge on any atom is 0.161 e. The third-order valence-electron chi connectivity index (χ3n) is 3.64. The van der Waals surface area contributed by atoms with Crippen molar-refractivity contribution in [2.75, 3.05) is 13.2 Å². The Labute approximate surface area is 128 Å². The van der Waals surface area contributed by atoms with E-state index in [0.29, 0.717) is 13.2 Å². The zero-order valence-corrected chi connectivity index (χ0v) is 13.2. The first-order valence-electron chi connectivity index (χ1n) is 7.30. The van der Waals surface area contributed by atoms with E-state index < -0.39 is 0 Å². The number of ether oxygens (including phenoxy) is 2. The van der Waals surface area contributed by atoms with Gasteiger partial charge in [-0.15, -0.1) is 11.3 Å². The molecule has 0 fully saturated rings. The van der Waals surface area contributed by atoms with Crippen LogP contribution in [-0.4, -0.2) is 18.2 Å². The van der Waals surface area contributed by atoms with Crippen molar-refractivity contribution in [3.05, 3.63) is 39.3 Å². The molecule has 1 atom stereocenters. The maximum atomic E-state index is 6.38. The van der Waals surface area contributed by atoms with Gasteiger partial charge >= 0.3 is 0 Å². The first kappa shape index (κ1) is 14.4. The molecule has 1 aromatic carbocycles. The number of hydrogen-bond acceptors (Lipinski definition) is 5. The van der Waals surface area contributed by atoms with Gasteiger partial charge in [0.25, 0.3) is 0 Å². The van der Waals surface area contributed by atoms with E-state index in [2.05, 4.69) is 18.8 Å². The van der Waals surface area contributed by atoms with E-state index in [4.69, 9.17) is 15.2 Å². The number of nitrogens with two attached hydrogens (primary N) is 1. The van der Waals surface area contributed by atoms with Gasteiger partial charge in [0, 0.05) is 11.3 Å². The Balaban J connectivity index is 1.90. The van der Waals surface area contributed by atoms with Crippen LogP contribution in [0.15, 0.2) is 18.2 Å². The van der Waals surface area contributed by atoms with Gasteiger partial charge in [0.1, 0.15) is 5.01 Å². The third-order valence-corrected chi connectivity index (χ3v) is 4.74. The van der Waals surface area contributed by atoms with Crippen molar-refractivity contribution >= 4 is 11.3 Å². The summed E-state index contributed by atoms with van der Waals surface area (Å²) in [5.41, 5.74) is 8.53. The summed E-state index contributed by atoms with van der Waals surface area (Å²) in [6, 6.07) is 5.71. The van der Waals surface area contributed by atoms with E-state index in [0.717, 1.165) is 40.6 Å². The Kier molecular flexibility index (Phi) is 4.12. The molecule has 2 N–H and O–H groups in total. The first-order valence-corrected chi connectivity index (χ1v) is 8.12. The summed E-state index contributed by atoms with van der Waals surface area (Å²) in [7, 11) is 0. The molecule has 1 aliphatic heterocycles. The van der Waals surface area contributed by atoms with Crippen LogP contribution < -0.4 is 15.2 Å². The molecule has 0 amide bonds. The van der Waals surface area contributed by atoms with Crippen LogP contribution in [0.3, 0.4) is 0 Å². The van der Waals surface area contributed by atoms with Gasteiger partial charge in [-0.1, -0.05) is 13.0 Å². The number of rotatable bonds is 3. The first-order chi connectivity index (χ1) is 10.2. The second-order valence-electron chi connectivity index (χ2n) is 5.14. The lowest BCUT2D eigenvalue weighted by molar-refractivity contribution is 0.297. The molecule has 0 spiro atoms. The second kappa shape index (κ2) is 6.03. The summed E-state index contributed by atoms with van der Waals surface area (Å²) in [5, 5.41) is 0.957. The number of aromatic nitrogens is 1. The SMILES string of the molecule is CCc1nc(C(N)c2ccc3c(c2)OCCCO3)sc1C. The van der Waals surface area contributed by atoms with Gasteiger partial charge in [0.15, 0.2) is 11.5 Å². The molecule has 0 aliphatic carbocycles. The number of fused-ring (bicyclic) bond motifs is 1. The van der Waals surface area contributed by atoms with Gasteiger partial charge in [-0.05, 0) is 31.0 Å². The molecule has 0 saturated heterocycles. The summed E-state index contributed by atoms with van der Waals surface area (Å²) in [4.78, 5) is 5.90. The molecule has 3 rings (SSSR count). The van der Waals surface area contributed by atoms with Crippen molar-refractivity contribution in [3.63, 3.8) is 0 Å². The summed E-state index contributed by atoms with van der Waals surface area (Å²) in [5.74, 6) is 1.58. The number of nitrogens with zero attached hydrogens (tertiary/aromatic N) is 1. The van der Waals surface area contributed by atoms with E-state index in [1.807, 2.05) is 18.2 Å². The molecule has 112 valence electrons. The largest absolute Gasteiger partial charge is 0.490 e. The Morgan fingerprint density at radius 2 is 2.05 bits per heavy atom. The van der Waals surface area contributed by atoms with Crippen LogP contribution in [0.5, 0.6) is 11.5 Å². The fraction of sp³-hybridized carbons (Fsp3) is 0.438. The molecule has 21 heavy (non-hydrogen) atoms. The van der Waals surface area contributed by atoms with Crippen molar-refractivity contribution < 1.29 is 9.47 Å². The van der Waals surface area contributed by atoms with Crippen LogP contribution in [0.1, 0.15) is 40.5 Å². The molecular formula is C16H20N2O2S. The summed E-state index contributed by atoms with van der Waals surface area (Å²) < 4.78 is 11.4. The van der Waals surface area contributed by atoms with Gasteiger partial charge in [0.2, 0.25) is 0 Å². The normalized spacial score (nSPS) is 15.6. The van der Waals surface area contributed by atoms with E-state index in [9.17, 15) is 0 Å². The fourth-order valence-electron chi connectivity index (χ4n) is 2.43. The molecule has 0 radical (unpaired) electrons. The number of thiazole rings is 1. The van der Waals surface area contributed by atoms with Gasteiger partial charge in [-0.25, -0.2) is 4.98 Å². The Bertz CT molecular complexity index is 639. The molecule has 2 aromatic rings. The zero-order valence-electron chi connectivity index (χ0n) is 12.4. The van der Waals surface area contributed by atoms with Gasteiger partial charge < -0.3 is 15.2 Å². The van der Waals surface area contributed by atoms with E-state index >= 15 is 0 Å². The average Bonchev–Trinajstić information content (AvgIpc) is 2.72. The minimum absolute atomic E-state index is 0.217. The van der Waals surface area contributed by atoms with Crippen LogP contribution in [0.25, 0.3) is 0 Å². The Hall–Kier alpha value is -1.59. The van der Waals surface area contributed by atoms with Gasteiger partial charge in [-0.3, -0.25) is 0 Å². The van der Waals surface area contributed by atoms with Crippen molar-refractivity contribution in [1.29, 1.82) is 0 Å². The maximum absolute atomic E-state index is 6.38. The summed E-state index contributed by atoms with van der Waals surface area (Å²) >= 11 is 1.68. The predicted molar refractivity (Wildman–Crippen MR) is 84.3 cm³/mol. The average molecular weight is 304 g/mol. The topological polar surface area (TPSA) is 57.4 Å². The summed E-state index contributed by atoms with van der Waals surface area (Å²) in [6.07, 6.45) is 1.85. The zero-order chi connectivity index (χ0) is 14.8. The predicted octanol–water partition coefficient (Wildman–Crippen LogP) is 3.22. The molecule has 1 aromatic heterocycles. The van der Waals surface area contributed by atoms with E-state index in [-0.39, 0.29) is 6.04 Å². The number of benzene rings is 1. The number of aryl methyl sites for hydroxylation is 2. The lowest BCUT2D eigenvalue weighted by atomic mass is 10.1. The number of hydrogen-bond donors (Lipinski definition) is 1. The smallest absolute Gasteiger partial charge is 0.161 e. The molecule has 5 heteroatoms. The van der Waals surface area contributed by atoms with Crippen molar-refractivity contribution in [3.8, 4) is 11.5 Å². The highest BCUT2D eigenvalue weighted by molar-refractivity contribution is 7.11. The van der Waals surface area contributed by atoms with E-state index in [1.54, 1.807) is 11.3 Å². The molecule has 2 heterocycles. The van der Waals surface area contributed by atoms with Gasteiger partial charge in [0.05, 0.1) is 24.9 Å². The lowest BCUT2D eigenvalue weighted by Crippen LogP contribution is -2.12. The van der Waals surface area contributed by atoms with E-state index in [1.165, 1.54) is 4.88 Å². The highest BCUT2D eigenvalue weighted by Gasteiger charge is 2.18. The Morgan fingerprint density at radius 1 is 1.29 bits per heavy atom. The lowest BCUT2D eigenvalue weighted by Gasteiger charge is -2.13. The second-order valence-corrected chi connectivity index (χ2v) is 6.38. The summed E-state index contributed by atoms with van der Waals surface area (Å²) in [6.45, 7) is 5.59. The Morgan fingerprint density at radius 3 is 2.76 bits per heavy atom. The molecule has 1 aliphatic rings. The van der Waals surface area contributed by atoms with Crippen LogP contribution in [0.4, 0.5) is 0 Å². The highest BCUT2D eigenvalue weighted by Crippen LogP contribution is 2.34. The third kappa shape index (κ3) is 2.89. The molecular weight excluding hydrogens is 284 g/mol. The van der Waals surface area contributed by atoms with Crippen LogP contribution >= 0.6 is 11.3 Å².